The van der Waals surface area contributed by atoms with Gasteiger partial charge in [-0.1, -0.05) is 47.0 Å². The Hall–Kier alpha value is -1.54. The topological polar surface area (TPSA) is 38.5 Å². The van der Waals surface area contributed by atoms with Gasteiger partial charge in [0.25, 0.3) is 9.84 Å². The molecule has 0 radical (unpaired) electrons. The predicted octanol–water partition coefficient (Wildman–Crippen LogP) is 4.69. The van der Waals surface area contributed by atoms with E-state index >= 15 is 0 Å². The summed E-state index contributed by atoms with van der Waals surface area (Å²) in [7, 11) is -3.89. The maximum absolute atomic E-state index is 12.6. The summed E-state index contributed by atoms with van der Waals surface area (Å²) in [5, 5.41) is -1.13. The molecule has 0 spiro atoms. The van der Waals surface area contributed by atoms with Crippen LogP contribution in [0.1, 0.15) is 16.5 Å². The molecule has 0 unspecified atom stereocenters. The van der Waals surface area contributed by atoms with Crippen LogP contribution in [0.5, 0.6) is 0 Å². The van der Waals surface area contributed by atoms with Gasteiger partial charge in [0.2, 0.25) is 0 Å². The zero-order valence-electron chi connectivity index (χ0n) is 11.0. The lowest BCUT2D eigenvalue weighted by molar-refractivity contribution is 0.590. The van der Waals surface area contributed by atoms with Crippen LogP contribution in [0, 0.1) is 13.5 Å². The number of halogens is 2. The van der Waals surface area contributed by atoms with Gasteiger partial charge in [-0.25, -0.2) is 15.0 Å². The van der Waals surface area contributed by atoms with Crippen molar-refractivity contribution < 1.29 is 8.42 Å². The van der Waals surface area contributed by atoms with Crippen molar-refractivity contribution in [2.45, 2.75) is 17.2 Å². The molecule has 0 aromatic heterocycles. The summed E-state index contributed by atoms with van der Waals surface area (Å²) in [4.78, 5) is 3.32. The fourth-order valence-electron chi connectivity index (χ4n) is 1.89. The largest absolute Gasteiger partial charge is 0.353 e. The van der Waals surface area contributed by atoms with Crippen LogP contribution in [0.4, 0.5) is 0 Å². The molecule has 2 rings (SSSR count). The lowest BCUT2D eigenvalue weighted by atomic mass is 10.2. The van der Waals surface area contributed by atoms with Crippen LogP contribution >= 0.6 is 23.2 Å². The second kappa shape index (κ2) is 6.07. The molecule has 0 N–H and O–H groups in total. The van der Waals surface area contributed by atoms with Crippen molar-refractivity contribution in [3.63, 3.8) is 0 Å². The minimum Gasteiger partial charge on any atom is -0.291 e. The number of aryl methyl sites for hydroxylation is 1. The molecule has 108 valence electrons. The Morgan fingerprint density at radius 2 is 1.57 bits per heavy atom. The number of sulfone groups is 1. The van der Waals surface area contributed by atoms with Gasteiger partial charge in [-0.05, 0) is 31.2 Å². The SMILES string of the molecule is [C-]#[N+][C@@H](c1c(Cl)cccc1Cl)S(=O)(=O)c1ccc(C)cc1. The summed E-state index contributed by atoms with van der Waals surface area (Å²) in [5.74, 6) is 0. The van der Waals surface area contributed by atoms with Gasteiger partial charge in [0.15, 0.2) is 0 Å². The summed E-state index contributed by atoms with van der Waals surface area (Å²) < 4.78 is 25.3. The standard InChI is InChI=1S/C15H11Cl2NO2S/c1-10-6-8-11(9-7-10)21(19,20)15(18-2)14-12(16)4-3-5-13(14)17/h3-9,15H,1H3/t15-/m1/s1. The Morgan fingerprint density at radius 1 is 1.05 bits per heavy atom. The van der Waals surface area contributed by atoms with Crippen LogP contribution in [-0.4, -0.2) is 8.42 Å². The van der Waals surface area contributed by atoms with Crippen molar-refractivity contribution in [2.24, 2.45) is 0 Å². The smallest absolute Gasteiger partial charge is 0.291 e. The number of hydrogen-bond acceptors (Lipinski definition) is 2. The first kappa shape index (κ1) is 15.8. The Morgan fingerprint density at radius 3 is 2.05 bits per heavy atom. The third-order valence-corrected chi connectivity index (χ3v) is 5.52. The molecule has 0 heterocycles. The molecule has 1 atom stereocenters. The van der Waals surface area contributed by atoms with E-state index in [2.05, 4.69) is 4.85 Å². The molecule has 3 nitrogen and oxygen atoms in total. The van der Waals surface area contributed by atoms with E-state index in [0.29, 0.717) is 0 Å². The molecular weight excluding hydrogens is 329 g/mol. The quantitative estimate of drug-likeness (QED) is 0.760. The Bertz CT molecular complexity index is 788. The fourth-order valence-corrected chi connectivity index (χ4v) is 4.10. The number of nitrogens with zero attached hydrogens (tertiary/aromatic N) is 1. The molecule has 0 bridgehead atoms. The van der Waals surface area contributed by atoms with Crippen molar-refractivity contribution in [1.82, 2.24) is 0 Å². The molecule has 2 aromatic rings. The van der Waals surface area contributed by atoms with Gasteiger partial charge in [0.05, 0.1) is 20.5 Å². The van der Waals surface area contributed by atoms with E-state index in [1.54, 1.807) is 18.2 Å². The van der Waals surface area contributed by atoms with Crippen LogP contribution in [0.3, 0.4) is 0 Å². The third-order valence-electron chi connectivity index (χ3n) is 3.01. The zero-order valence-corrected chi connectivity index (χ0v) is 13.4. The lowest BCUT2D eigenvalue weighted by Crippen LogP contribution is -2.11. The van der Waals surface area contributed by atoms with Crippen molar-refractivity contribution in [1.29, 1.82) is 0 Å². The summed E-state index contributed by atoms with van der Waals surface area (Å²) in [6.45, 7) is 9.12. The molecule has 0 aliphatic rings. The van der Waals surface area contributed by atoms with E-state index in [9.17, 15) is 8.42 Å². The minimum absolute atomic E-state index is 0.0742. The van der Waals surface area contributed by atoms with E-state index < -0.39 is 15.2 Å². The molecule has 0 aliphatic heterocycles. The predicted molar refractivity (Wildman–Crippen MR) is 84.2 cm³/mol. The van der Waals surface area contributed by atoms with Gasteiger partial charge >= 0.3 is 5.37 Å². The lowest BCUT2D eigenvalue weighted by Gasteiger charge is -2.11. The highest BCUT2D eigenvalue weighted by molar-refractivity contribution is 7.91. The zero-order chi connectivity index (χ0) is 15.6. The van der Waals surface area contributed by atoms with Crippen LogP contribution in [0.2, 0.25) is 10.0 Å². The average molecular weight is 340 g/mol. The molecule has 0 saturated heterocycles. The van der Waals surface area contributed by atoms with Gasteiger partial charge < -0.3 is 0 Å². The number of rotatable bonds is 3. The highest BCUT2D eigenvalue weighted by Crippen LogP contribution is 2.38. The Kier molecular flexibility index (Phi) is 4.58. The van der Waals surface area contributed by atoms with Gasteiger partial charge in [-0.15, -0.1) is 0 Å². The van der Waals surface area contributed by atoms with Crippen LogP contribution < -0.4 is 0 Å². The second-order valence-corrected chi connectivity index (χ2v) is 7.30. The van der Waals surface area contributed by atoms with Gasteiger partial charge in [0.1, 0.15) is 0 Å². The fraction of sp³-hybridized carbons (Fsp3) is 0.133. The summed E-state index contributed by atoms with van der Waals surface area (Å²) in [6, 6.07) is 11.0. The number of benzene rings is 2. The molecule has 21 heavy (non-hydrogen) atoms. The Balaban J connectivity index is 2.61. The molecule has 0 fully saturated rings. The van der Waals surface area contributed by atoms with E-state index in [1.807, 2.05) is 6.92 Å². The van der Waals surface area contributed by atoms with E-state index in [1.165, 1.54) is 24.3 Å². The summed E-state index contributed by atoms with van der Waals surface area (Å²) >= 11 is 12.1. The highest BCUT2D eigenvalue weighted by atomic mass is 35.5. The van der Waals surface area contributed by atoms with Gasteiger partial charge in [-0.2, -0.15) is 0 Å². The summed E-state index contributed by atoms with van der Waals surface area (Å²) in [6.07, 6.45) is 0. The highest BCUT2D eigenvalue weighted by Gasteiger charge is 2.37. The Labute approximate surface area is 133 Å². The van der Waals surface area contributed by atoms with E-state index in [0.717, 1.165) is 5.56 Å². The van der Waals surface area contributed by atoms with Crippen molar-refractivity contribution >= 4 is 33.0 Å². The molecule has 2 aromatic carbocycles. The third kappa shape index (κ3) is 3.06. The van der Waals surface area contributed by atoms with Crippen molar-refractivity contribution in [3.05, 3.63) is 75.1 Å². The first-order valence-corrected chi connectivity index (χ1v) is 8.29. The van der Waals surface area contributed by atoms with Gasteiger partial charge in [-0.3, -0.25) is 4.85 Å². The second-order valence-electron chi connectivity index (χ2n) is 4.47. The average Bonchev–Trinajstić information content (AvgIpc) is 2.43. The normalized spacial score (nSPS) is 12.7. The molecule has 0 amide bonds. The van der Waals surface area contributed by atoms with Crippen molar-refractivity contribution in [3.8, 4) is 0 Å². The first-order chi connectivity index (χ1) is 9.87. The van der Waals surface area contributed by atoms with E-state index in [4.69, 9.17) is 29.8 Å². The van der Waals surface area contributed by atoms with Crippen molar-refractivity contribution in [2.75, 3.05) is 0 Å². The van der Waals surface area contributed by atoms with E-state index in [-0.39, 0.29) is 20.5 Å². The maximum Gasteiger partial charge on any atom is 0.353 e. The maximum atomic E-state index is 12.6. The monoisotopic (exact) mass is 339 g/mol. The number of hydrogen-bond donors (Lipinski definition) is 0. The molecule has 6 heteroatoms. The molecular formula is C15H11Cl2NO2S. The molecule has 0 aliphatic carbocycles. The minimum atomic E-state index is -3.89. The molecule has 0 saturated carbocycles. The van der Waals surface area contributed by atoms with Crippen LogP contribution in [0.25, 0.3) is 4.85 Å². The van der Waals surface area contributed by atoms with Gasteiger partial charge in [0, 0.05) is 0 Å². The first-order valence-electron chi connectivity index (χ1n) is 5.99. The van der Waals surface area contributed by atoms with Crippen LogP contribution in [-0.2, 0) is 9.84 Å². The van der Waals surface area contributed by atoms with Crippen LogP contribution in [0.15, 0.2) is 47.4 Å². The summed E-state index contributed by atoms with van der Waals surface area (Å²) in [5.41, 5.74) is 1.06.